The molecule has 0 fully saturated rings. The number of benzene rings is 2. The van der Waals surface area contributed by atoms with Crippen molar-refractivity contribution >= 4 is 5.69 Å². The van der Waals surface area contributed by atoms with E-state index in [9.17, 15) is 4.79 Å². The Labute approximate surface area is 128 Å². The minimum absolute atomic E-state index is 0.201. The van der Waals surface area contributed by atoms with Crippen molar-refractivity contribution in [1.29, 1.82) is 0 Å². The van der Waals surface area contributed by atoms with Gasteiger partial charge in [-0.2, -0.15) is 4.98 Å². The first-order chi connectivity index (χ1) is 10.6. The van der Waals surface area contributed by atoms with Gasteiger partial charge in [0.1, 0.15) is 5.82 Å². The highest BCUT2D eigenvalue weighted by molar-refractivity contribution is 5.65. The van der Waals surface area contributed by atoms with Crippen LogP contribution in [-0.4, -0.2) is 9.55 Å². The van der Waals surface area contributed by atoms with Gasteiger partial charge in [-0.3, -0.25) is 4.79 Å². The van der Waals surface area contributed by atoms with E-state index in [2.05, 4.69) is 4.98 Å². The van der Waals surface area contributed by atoms with Crippen molar-refractivity contribution in [2.75, 3.05) is 5.73 Å². The molecule has 2 aromatic carbocycles. The molecule has 1 heterocycles. The summed E-state index contributed by atoms with van der Waals surface area (Å²) in [5, 5.41) is 0. The van der Waals surface area contributed by atoms with Crippen LogP contribution in [0.25, 0.3) is 16.8 Å². The van der Waals surface area contributed by atoms with Gasteiger partial charge in [0.2, 0.25) is 0 Å². The normalized spacial score (nSPS) is 10.6. The third-order valence-corrected chi connectivity index (χ3v) is 3.71. The van der Waals surface area contributed by atoms with Crippen LogP contribution in [0.5, 0.6) is 0 Å². The molecule has 0 atom stereocenters. The summed E-state index contributed by atoms with van der Waals surface area (Å²) < 4.78 is 1.98. The Hall–Kier alpha value is -2.88. The quantitative estimate of drug-likeness (QED) is 0.738. The molecule has 4 heteroatoms. The molecule has 2 N–H and O–H groups in total. The lowest BCUT2D eigenvalue weighted by molar-refractivity contribution is 0.856. The van der Waals surface area contributed by atoms with Gasteiger partial charge < -0.3 is 10.3 Å². The predicted octanol–water partition coefficient (Wildman–Crippen LogP) is 3.10. The highest BCUT2D eigenvalue weighted by atomic mass is 16.1. The molecule has 0 saturated heterocycles. The molecule has 3 aromatic rings. The minimum Gasteiger partial charge on any atom is -0.399 e. The maximum Gasteiger partial charge on any atom is 0.281 e. The van der Waals surface area contributed by atoms with E-state index < -0.39 is 0 Å². The van der Waals surface area contributed by atoms with E-state index >= 15 is 0 Å². The number of nitrogen functional groups attached to an aromatic ring is 1. The molecular formula is C18H17N3O. The van der Waals surface area contributed by atoms with E-state index in [1.54, 1.807) is 0 Å². The second-order valence-corrected chi connectivity index (χ2v) is 5.22. The Morgan fingerprint density at radius 2 is 1.59 bits per heavy atom. The molecule has 0 amide bonds. The van der Waals surface area contributed by atoms with Crippen molar-refractivity contribution in [1.82, 2.24) is 9.55 Å². The smallest absolute Gasteiger partial charge is 0.281 e. The summed E-state index contributed by atoms with van der Waals surface area (Å²) in [7, 11) is 0. The molecule has 4 nitrogen and oxygen atoms in total. The fraction of sp³-hybridized carbons (Fsp3) is 0.111. The Morgan fingerprint density at radius 3 is 2.23 bits per heavy atom. The summed E-state index contributed by atoms with van der Waals surface area (Å²) in [4.78, 5) is 16.5. The van der Waals surface area contributed by atoms with Crippen LogP contribution >= 0.6 is 0 Å². The van der Waals surface area contributed by atoms with Gasteiger partial charge in [-0.1, -0.05) is 30.3 Å². The van der Waals surface area contributed by atoms with Crippen LogP contribution in [0.3, 0.4) is 0 Å². The number of anilines is 1. The molecule has 110 valence electrons. The zero-order valence-corrected chi connectivity index (χ0v) is 12.6. The first-order valence-corrected chi connectivity index (χ1v) is 7.09. The summed E-state index contributed by atoms with van der Waals surface area (Å²) in [6, 6.07) is 17.2. The molecule has 0 bridgehead atoms. The summed E-state index contributed by atoms with van der Waals surface area (Å²) in [6.07, 6.45) is 0. The Kier molecular flexibility index (Phi) is 3.51. The van der Waals surface area contributed by atoms with Gasteiger partial charge in [0, 0.05) is 17.1 Å². The summed E-state index contributed by atoms with van der Waals surface area (Å²) in [6.45, 7) is 3.77. The molecule has 0 saturated carbocycles. The Balaban J connectivity index is 2.29. The van der Waals surface area contributed by atoms with E-state index in [1.165, 1.54) is 0 Å². The number of nitrogens with zero attached hydrogens (tertiary/aromatic N) is 2. The molecule has 1 aromatic heterocycles. The van der Waals surface area contributed by atoms with E-state index in [0.29, 0.717) is 17.1 Å². The molecule has 22 heavy (non-hydrogen) atoms. The fourth-order valence-corrected chi connectivity index (χ4v) is 2.70. The van der Waals surface area contributed by atoms with Crippen LogP contribution in [0.1, 0.15) is 11.5 Å². The van der Waals surface area contributed by atoms with Gasteiger partial charge in [0.15, 0.2) is 0 Å². The molecule has 0 unspecified atom stereocenters. The van der Waals surface area contributed by atoms with Gasteiger partial charge in [-0.25, -0.2) is 0 Å². The van der Waals surface area contributed by atoms with Crippen molar-refractivity contribution in [3.8, 4) is 16.8 Å². The highest BCUT2D eigenvalue weighted by Gasteiger charge is 2.14. The standard InChI is InChI=1S/C18H17N3O/c1-12-17(14-6-4-3-5-7-14)18(22)20-13(2)21(12)16-10-8-15(19)9-11-16/h3-11H,19H2,1-2H3. The van der Waals surface area contributed by atoms with Gasteiger partial charge >= 0.3 is 0 Å². The minimum atomic E-state index is -0.201. The maximum atomic E-state index is 12.4. The van der Waals surface area contributed by atoms with E-state index in [-0.39, 0.29) is 5.56 Å². The lowest BCUT2D eigenvalue weighted by atomic mass is 10.1. The van der Waals surface area contributed by atoms with E-state index in [0.717, 1.165) is 16.9 Å². The topological polar surface area (TPSA) is 60.9 Å². The predicted molar refractivity (Wildman–Crippen MR) is 89.2 cm³/mol. The average molecular weight is 291 g/mol. The third kappa shape index (κ3) is 2.39. The zero-order valence-electron chi connectivity index (χ0n) is 12.6. The average Bonchev–Trinajstić information content (AvgIpc) is 2.50. The Bertz CT molecular complexity index is 865. The van der Waals surface area contributed by atoms with E-state index in [4.69, 9.17) is 5.73 Å². The summed E-state index contributed by atoms with van der Waals surface area (Å²) in [5.41, 5.74) is 9.57. The fourth-order valence-electron chi connectivity index (χ4n) is 2.70. The third-order valence-electron chi connectivity index (χ3n) is 3.71. The second kappa shape index (κ2) is 5.48. The Morgan fingerprint density at radius 1 is 0.955 bits per heavy atom. The first-order valence-electron chi connectivity index (χ1n) is 7.09. The molecule has 0 radical (unpaired) electrons. The first kappa shape index (κ1) is 14.1. The molecule has 0 aliphatic heterocycles. The SMILES string of the molecule is Cc1nc(=O)c(-c2ccccc2)c(C)n1-c1ccc(N)cc1. The lowest BCUT2D eigenvalue weighted by Gasteiger charge is -2.17. The van der Waals surface area contributed by atoms with Crippen molar-refractivity contribution in [3.05, 3.63) is 76.5 Å². The number of aromatic nitrogens is 2. The second-order valence-electron chi connectivity index (χ2n) is 5.22. The zero-order chi connectivity index (χ0) is 15.7. The highest BCUT2D eigenvalue weighted by Crippen LogP contribution is 2.22. The lowest BCUT2D eigenvalue weighted by Crippen LogP contribution is -2.20. The van der Waals surface area contributed by atoms with Crippen LogP contribution in [-0.2, 0) is 0 Å². The molecule has 0 aliphatic carbocycles. The van der Waals surface area contributed by atoms with Crippen LogP contribution in [0.15, 0.2) is 59.4 Å². The van der Waals surface area contributed by atoms with Crippen molar-refractivity contribution in [2.24, 2.45) is 0 Å². The van der Waals surface area contributed by atoms with Gasteiger partial charge in [0.25, 0.3) is 5.56 Å². The maximum absolute atomic E-state index is 12.4. The van der Waals surface area contributed by atoms with Crippen LogP contribution in [0.4, 0.5) is 5.69 Å². The summed E-state index contributed by atoms with van der Waals surface area (Å²) in [5.74, 6) is 0.659. The molecule has 0 aliphatic rings. The van der Waals surface area contributed by atoms with Gasteiger partial charge in [0.05, 0.1) is 5.56 Å². The van der Waals surface area contributed by atoms with Crippen LogP contribution in [0, 0.1) is 13.8 Å². The van der Waals surface area contributed by atoms with Crippen LogP contribution in [0.2, 0.25) is 0 Å². The van der Waals surface area contributed by atoms with Crippen molar-refractivity contribution in [2.45, 2.75) is 13.8 Å². The molecule has 0 spiro atoms. The van der Waals surface area contributed by atoms with Crippen molar-refractivity contribution < 1.29 is 0 Å². The number of hydrogen-bond donors (Lipinski definition) is 1. The van der Waals surface area contributed by atoms with Crippen molar-refractivity contribution in [3.63, 3.8) is 0 Å². The molecule has 3 rings (SSSR count). The number of rotatable bonds is 2. The van der Waals surface area contributed by atoms with E-state index in [1.807, 2.05) is 73.0 Å². The number of hydrogen-bond acceptors (Lipinski definition) is 3. The largest absolute Gasteiger partial charge is 0.399 e. The van der Waals surface area contributed by atoms with Crippen LogP contribution < -0.4 is 11.3 Å². The monoisotopic (exact) mass is 291 g/mol. The number of aryl methyl sites for hydroxylation is 1. The summed E-state index contributed by atoms with van der Waals surface area (Å²) >= 11 is 0. The van der Waals surface area contributed by atoms with Gasteiger partial charge in [-0.05, 0) is 43.7 Å². The molecular weight excluding hydrogens is 274 g/mol. The number of nitrogens with two attached hydrogens (primary N) is 1. The van der Waals surface area contributed by atoms with Gasteiger partial charge in [-0.15, -0.1) is 0 Å².